The number of hydrogen-bond donors (Lipinski definition) is 2. The van der Waals surface area contributed by atoms with Gasteiger partial charge in [-0.2, -0.15) is 0 Å². The molecule has 2 atom stereocenters. The molecule has 9 heteroatoms. The number of aromatic nitrogens is 1. The van der Waals surface area contributed by atoms with Crippen molar-refractivity contribution in [3.05, 3.63) is 90.1 Å². The number of rotatable bonds is 12. The summed E-state index contributed by atoms with van der Waals surface area (Å²) in [6.45, 7) is 0.209. The van der Waals surface area contributed by atoms with Crippen LogP contribution in [0, 0.1) is 0 Å². The third kappa shape index (κ3) is 6.87. The zero-order chi connectivity index (χ0) is 29.5. The number of carbonyl (C=O) groups is 2. The Hall–Kier alpha value is -4.47. The van der Waals surface area contributed by atoms with Crippen LogP contribution in [0.5, 0.6) is 23.0 Å². The average molecular weight is 570 g/mol. The molecule has 0 radical (unpaired) electrons. The van der Waals surface area contributed by atoms with Crippen LogP contribution in [-0.4, -0.2) is 42.6 Å². The van der Waals surface area contributed by atoms with Crippen LogP contribution in [0.1, 0.15) is 54.1 Å². The molecule has 218 valence electrons. The van der Waals surface area contributed by atoms with E-state index in [1.165, 1.54) is 0 Å². The van der Waals surface area contributed by atoms with Gasteiger partial charge in [0.2, 0.25) is 0 Å². The van der Waals surface area contributed by atoms with E-state index in [1.54, 1.807) is 67.9 Å². The van der Waals surface area contributed by atoms with E-state index in [0.717, 1.165) is 31.1 Å². The molecule has 0 aliphatic heterocycles. The van der Waals surface area contributed by atoms with E-state index < -0.39 is 18.1 Å². The molecule has 1 saturated carbocycles. The normalized spacial score (nSPS) is 14.7. The van der Waals surface area contributed by atoms with Crippen LogP contribution >= 0.6 is 0 Å². The second-order valence-electron chi connectivity index (χ2n) is 10.3. The first-order valence-corrected chi connectivity index (χ1v) is 14.1. The summed E-state index contributed by atoms with van der Waals surface area (Å²) < 4.78 is 23.2. The SMILES string of the molecule is COc1cc2c(Oc3ccc(C(N)C(=O)c4ccccc4)cc3)ccnc2cc1OCC[C@H](N)C(=O)OC1CCCC1. The lowest BCUT2D eigenvalue weighted by molar-refractivity contribution is -0.150. The highest BCUT2D eigenvalue weighted by atomic mass is 16.5. The van der Waals surface area contributed by atoms with Gasteiger partial charge in [0.15, 0.2) is 17.3 Å². The van der Waals surface area contributed by atoms with Gasteiger partial charge in [-0.05, 0) is 55.5 Å². The minimum absolute atomic E-state index is 0.0214. The quantitative estimate of drug-likeness (QED) is 0.167. The Labute approximate surface area is 244 Å². The average Bonchev–Trinajstić information content (AvgIpc) is 3.54. The fraction of sp³-hybridized carbons (Fsp3) is 0.303. The monoisotopic (exact) mass is 569 g/mol. The summed E-state index contributed by atoms with van der Waals surface area (Å²) in [6, 6.07) is 19.9. The number of fused-ring (bicyclic) bond motifs is 1. The number of nitrogens with two attached hydrogens (primary N) is 2. The highest BCUT2D eigenvalue weighted by molar-refractivity contribution is 6.00. The minimum Gasteiger partial charge on any atom is -0.493 e. The van der Waals surface area contributed by atoms with Crippen LogP contribution < -0.4 is 25.7 Å². The number of benzene rings is 3. The van der Waals surface area contributed by atoms with Gasteiger partial charge in [-0.3, -0.25) is 14.6 Å². The van der Waals surface area contributed by atoms with Crippen molar-refractivity contribution < 1.29 is 28.5 Å². The van der Waals surface area contributed by atoms with Gasteiger partial charge in [0.25, 0.3) is 0 Å². The largest absolute Gasteiger partial charge is 0.493 e. The van der Waals surface area contributed by atoms with E-state index >= 15 is 0 Å². The van der Waals surface area contributed by atoms with E-state index in [-0.39, 0.29) is 18.5 Å². The molecule has 3 aromatic carbocycles. The van der Waals surface area contributed by atoms with E-state index in [0.29, 0.717) is 46.1 Å². The first kappa shape index (κ1) is 29.0. The van der Waals surface area contributed by atoms with Crippen molar-refractivity contribution in [1.29, 1.82) is 0 Å². The maximum absolute atomic E-state index is 12.7. The fourth-order valence-electron chi connectivity index (χ4n) is 4.96. The molecular weight excluding hydrogens is 534 g/mol. The number of esters is 1. The second kappa shape index (κ2) is 13.5. The van der Waals surface area contributed by atoms with Gasteiger partial charge in [0.05, 0.1) is 25.3 Å². The van der Waals surface area contributed by atoms with E-state index in [9.17, 15) is 9.59 Å². The number of ketones is 1. The molecule has 4 N–H and O–H groups in total. The lowest BCUT2D eigenvalue weighted by Crippen LogP contribution is -2.35. The van der Waals surface area contributed by atoms with Crippen LogP contribution in [0.3, 0.4) is 0 Å². The lowest BCUT2D eigenvalue weighted by Gasteiger charge is -2.17. The molecule has 1 aromatic heterocycles. The molecule has 1 unspecified atom stereocenters. The molecule has 9 nitrogen and oxygen atoms in total. The molecule has 5 rings (SSSR count). The molecule has 0 bridgehead atoms. The summed E-state index contributed by atoms with van der Waals surface area (Å²) in [4.78, 5) is 29.5. The van der Waals surface area contributed by atoms with E-state index in [4.69, 9.17) is 30.4 Å². The van der Waals surface area contributed by atoms with Crippen LogP contribution in [0.2, 0.25) is 0 Å². The highest BCUT2D eigenvalue weighted by Crippen LogP contribution is 2.37. The maximum Gasteiger partial charge on any atom is 0.323 e. The Balaban J connectivity index is 1.24. The number of hydrogen-bond acceptors (Lipinski definition) is 9. The Kier molecular flexibility index (Phi) is 9.31. The Bertz CT molecular complexity index is 1520. The van der Waals surface area contributed by atoms with Crippen LogP contribution in [0.25, 0.3) is 10.9 Å². The topological polar surface area (TPSA) is 136 Å². The predicted molar refractivity (Wildman–Crippen MR) is 159 cm³/mol. The summed E-state index contributed by atoms with van der Waals surface area (Å²) in [5, 5.41) is 0.721. The number of methoxy groups -OCH3 is 1. The van der Waals surface area contributed by atoms with Crippen LogP contribution in [-0.2, 0) is 9.53 Å². The van der Waals surface area contributed by atoms with Crippen molar-refractivity contribution in [3.8, 4) is 23.0 Å². The zero-order valence-corrected chi connectivity index (χ0v) is 23.5. The smallest absolute Gasteiger partial charge is 0.323 e. The van der Waals surface area contributed by atoms with Gasteiger partial charge in [0.1, 0.15) is 23.6 Å². The molecule has 1 aliphatic rings. The van der Waals surface area contributed by atoms with Crippen molar-refractivity contribution in [2.75, 3.05) is 13.7 Å². The summed E-state index contributed by atoms with van der Waals surface area (Å²) in [7, 11) is 1.55. The highest BCUT2D eigenvalue weighted by Gasteiger charge is 2.23. The first-order valence-electron chi connectivity index (χ1n) is 14.1. The minimum atomic E-state index is -0.779. The van der Waals surface area contributed by atoms with Crippen molar-refractivity contribution in [2.24, 2.45) is 11.5 Å². The molecule has 42 heavy (non-hydrogen) atoms. The standard InChI is InChI=1S/C33H35N3O6/c1-39-29-19-25-27(20-30(29)40-18-16-26(34)33(38)42-23-9-5-6-10-23)36-17-15-28(25)41-24-13-11-21(12-14-24)31(35)32(37)22-7-3-2-4-8-22/h2-4,7-8,11-15,17,19-20,23,26,31H,5-6,9-10,16,18,34-35H2,1H3/t26-,31?/m0/s1. The third-order valence-corrected chi connectivity index (χ3v) is 7.37. The zero-order valence-electron chi connectivity index (χ0n) is 23.5. The van der Waals surface area contributed by atoms with Gasteiger partial charge < -0.3 is 30.4 Å². The first-order chi connectivity index (χ1) is 20.4. The Morgan fingerprint density at radius 3 is 2.38 bits per heavy atom. The second-order valence-corrected chi connectivity index (χ2v) is 10.3. The van der Waals surface area contributed by atoms with Crippen molar-refractivity contribution in [2.45, 2.75) is 50.3 Å². The van der Waals surface area contributed by atoms with Crippen LogP contribution in [0.15, 0.2) is 79.0 Å². The lowest BCUT2D eigenvalue weighted by atomic mass is 9.98. The van der Waals surface area contributed by atoms with Gasteiger partial charge in [-0.1, -0.05) is 42.5 Å². The molecule has 4 aromatic rings. The summed E-state index contributed by atoms with van der Waals surface area (Å²) in [6.07, 6.45) is 5.89. The van der Waals surface area contributed by atoms with E-state index in [1.807, 2.05) is 18.2 Å². The van der Waals surface area contributed by atoms with Gasteiger partial charge in [0, 0.05) is 29.6 Å². The van der Waals surface area contributed by atoms with Crippen LogP contribution in [0.4, 0.5) is 0 Å². The molecule has 0 amide bonds. The third-order valence-electron chi connectivity index (χ3n) is 7.37. The van der Waals surface area contributed by atoms with Gasteiger partial charge >= 0.3 is 5.97 Å². The summed E-state index contributed by atoms with van der Waals surface area (Å²) in [5.74, 6) is 1.57. The number of ether oxygens (including phenoxy) is 4. The maximum atomic E-state index is 12.7. The van der Waals surface area contributed by atoms with Crippen molar-refractivity contribution >= 4 is 22.7 Å². The molecule has 0 spiro atoms. The summed E-state index contributed by atoms with van der Waals surface area (Å²) >= 11 is 0. The van der Waals surface area contributed by atoms with Crippen molar-refractivity contribution in [3.63, 3.8) is 0 Å². The van der Waals surface area contributed by atoms with E-state index in [2.05, 4.69) is 4.98 Å². The van der Waals surface area contributed by atoms with Gasteiger partial charge in [-0.25, -0.2) is 0 Å². The van der Waals surface area contributed by atoms with Gasteiger partial charge in [-0.15, -0.1) is 0 Å². The molecule has 1 aliphatic carbocycles. The molecule has 1 fully saturated rings. The number of nitrogens with zero attached hydrogens (tertiary/aromatic N) is 1. The number of Topliss-reactive ketones (excluding diaryl/α,β-unsaturated/α-hetero) is 1. The Morgan fingerprint density at radius 1 is 0.929 bits per heavy atom. The predicted octanol–water partition coefficient (Wildman–Crippen LogP) is 5.50. The number of pyridine rings is 1. The number of carbonyl (C=O) groups excluding carboxylic acids is 2. The summed E-state index contributed by atoms with van der Waals surface area (Å²) in [5.41, 5.74) is 14.2. The molecule has 0 saturated heterocycles. The molecular formula is C33H35N3O6. The fourth-order valence-corrected chi connectivity index (χ4v) is 4.96. The molecule has 1 heterocycles. The Morgan fingerprint density at radius 2 is 1.67 bits per heavy atom. The van der Waals surface area contributed by atoms with Crippen molar-refractivity contribution in [1.82, 2.24) is 4.98 Å².